The maximum absolute atomic E-state index is 4.51. The van der Waals surface area contributed by atoms with Crippen LogP contribution in [-0.4, -0.2) is 4.21 Å². The second-order valence-electron chi connectivity index (χ2n) is 5.59. The van der Waals surface area contributed by atoms with E-state index in [9.17, 15) is 0 Å². The molecule has 0 radical (unpaired) electrons. The molecule has 0 amide bonds. The Balaban J connectivity index is 2.13. The van der Waals surface area contributed by atoms with Gasteiger partial charge in [0.2, 0.25) is 0 Å². The molecule has 0 aromatic carbocycles. The van der Waals surface area contributed by atoms with Crippen LogP contribution in [0.15, 0.2) is 42.5 Å². The number of rotatable bonds is 2. The second-order valence-corrected chi connectivity index (χ2v) is 11.1. The van der Waals surface area contributed by atoms with Crippen molar-refractivity contribution in [1.82, 2.24) is 0 Å². The average Bonchev–Trinajstić information content (AvgIpc) is 2.87. The van der Waals surface area contributed by atoms with Gasteiger partial charge >= 0.3 is 107 Å². The van der Waals surface area contributed by atoms with E-state index in [0.717, 1.165) is 0 Å². The molecule has 0 unspecified atom stereocenters. The van der Waals surface area contributed by atoms with E-state index in [0.29, 0.717) is 5.41 Å². The van der Waals surface area contributed by atoms with Crippen molar-refractivity contribution in [3.63, 3.8) is 0 Å². The topological polar surface area (TPSA) is 0 Å². The van der Waals surface area contributed by atoms with Gasteiger partial charge < -0.3 is 0 Å². The summed E-state index contributed by atoms with van der Waals surface area (Å²) < 4.78 is 7.82. The molecule has 0 saturated heterocycles. The Labute approximate surface area is 107 Å². The van der Waals surface area contributed by atoms with Gasteiger partial charge in [-0.15, -0.1) is 0 Å². The third-order valence-corrected chi connectivity index (χ3v) is 8.86. The van der Waals surface area contributed by atoms with Crippen molar-refractivity contribution in [1.29, 1.82) is 0 Å². The first-order valence-corrected chi connectivity index (χ1v) is 10.1. The molecule has 0 spiro atoms. The standard InChI is InChI=1S/C9H13.C5H5.CH2.Zr/c1-9(2,3)8-6-4-5-7-8;1-2-4-5-3-1;;/h6-7H,4H2,1-3H3;1-3H,4H2;1H2;. The van der Waals surface area contributed by atoms with Crippen molar-refractivity contribution in [2.75, 3.05) is 0 Å². The predicted molar refractivity (Wildman–Crippen MR) is 69.2 cm³/mol. The maximum atomic E-state index is 4.51. The van der Waals surface area contributed by atoms with Gasteiger partial charge in [-0.1, -0.05) is 0 Å². The van der Waals surface area contributed by atoms with Gasteiger partial charge in [0.05, 0.1) is 0 Å². The minimum absolute atomic E-state index is 0.299. The van der Waals surface area contributed by atoms with Gasteiger partial charge in [0.25, 0.3) is 0 Å². The second kappa shape index (κ2) is 4.53. The third-order valence-electron chi connectivity index (χ3n) is 3.28. The first-order valence-electron chi connectivity index (χ1n) is 5.95. The van der Waals surface area contributed by atoms with Crippen LogP contribution < -0.4 is 0 Å². The van der Waals surface area contributed by atoms with Gasteiger partial charge in [-0.2, -0.15) is 0 Å². The molecule has 0 aromatic rings. The zero-order valence-corrected chi connectivity index (χ0v) is 13.0. The van der Waals surface area contributed by atoms with Crippen LogP contribution in [0.25, 0.3) is 0 Å². The summed E-state index contributed by atoms with van der Waals surface area (Å²) in [5, 5.41) is 0. The number of hydrogen-bond donors (Lipinski definition) is 0. The van der Waals surface area contributed by atoms with Crippen molar-refractivity contribution in [3.8, 4) is 0 Å². The van der Waals surface area contributed by atoms with Crippen molar-refractivity contribution in [3.05, 3.63) is 42.5 Å². The first-order chi connectivity index (χ1) is 7.48. The molecule has 0 atom stereocenters. The fourth-order valence-electron chi connectivity index (χ4n) is 2.14. The van der Waals surface area contributed by atoms with E-state index >= 15 is 0 Å². The Hall–Kier alpha value is -0.287. The quantitative estimate of drug-likeness (QED) is 0.717. The summed E-state index contributed by atoms with van der Waals surface area (Å²) in [6.07, 6.45) is 13.9. The molecule has 0 fully saturated rings. The van der Waals surface area contributed by atoms with Gasteiger partial charge in [-0.05, 0) is 0 Å². The Bertz CT molecular complexity index is 437. The molecule has 0 nitrogen and oxygen atoms in total. The Morgan fingerprint density at radius 2 is 1.94 bits per heavy atom. The molecule has 84 valence electrons. The van der Waals surface area contributed by atoms with Crippen LogP contribution in [0.4, 0.5) is 0 Å². The molecule has 0 saturated carbocycles. The monoisotopic (exact) mass is 290 g/mol. The molecule has 2 rings (SSSR count). The van der Waals surface area contributed by atoms with E-state index in [1.54, 1.807) is 6.56 Å². The Morgan fingerprint density at radius 1 is 1.19 bits per heavy atom. The molecular weight excluding hydrogens is 271 g/mol. The van der Waals surface area contributed by atoms with Crippen LogP contribution in [0, 0.1) is 5.41 Å². The summed E-state index contributed by atoms with van der Waals surface area (Å²) >= 11 is -1.65. The molecule has 0 bridgehead atoms. The van der Waals surface area contributed by atoms with E-state index in [1.165, 1.54) is 18.4 Å². The normalized spacial score (nSPS) is 19.6. The molecule has 2 aliphatic rings. The average molecular weight is 292 g/mol. The van der Waals surface area contributed by atoms with Gasteiger partial charge in [0, 0.05) is 0 Å². The van der Waals surface area contributed by atoms with E-state index in [1.807, 2.05) is 0 Å². The molecule has 2 aliphatic carbocycles. The summed E-state index contributed by atoms with van der Waals surface area (Å²) in [5.74, 6) is 0. The summed E-state index contributed by atoms with van der Waals surface area (Å²) in [7, 11) is 0. The van der Waals surface area contributed by atoms with Gasteiger partial charge in [0.15, 0.2) is 0 Å². The van der Waals surface area contributed by atoms with Crippen molar-refractivity contribution in [2.45, 2.75) is 33.6 Å². The molecule has 1 heteroatoms. The molecule has 0 aromatic heterocycles. The van der Waals surface area contributed by atoms with E-state index in [2.05, 4.69) is 55.4 Å². The van der Waals surface area contributed by atoms with Gasteiger partial charge in [0.1, 0.15) is 0 Å². The first kappa shape index (κ1) is 12.2. The summed E-state index contributed by atoms with van der Waals surface area (Å²) in [5.41, 5.74) is 1.81. The van der Waals surface area contributed by atoms with E-state index in [4.69, 9.17) is 0 Å². The van der Waals surface area contributed by atoms with Crippen molar-refractivity contribution >= 4 is 4.21 Å². The molecular formula is C15H20Zr. The third kappa shape index (κ3) is 2.51. The van der Waals surface area contributed by atoms with Crippen molar-refractivity contribution in [2.24, 2.45) is 5.41 Å². The number of allylic oxidation sites excluding steroid dienone is 8. The summed E-state index contributed by atoms with van der Waals surface area (Å²) in [6.45, 7) is 6.88. The predicted octanol–water partition coefficient (Wildman–Crippen LogP) is 4.14. The molecule has 0 heterocycles. The molecule has 0 aliphatic heterocycles. The SMILES string of the molecule is [CH2]=[Zr]([C]1=CC=CC1)[C]1=CC(C(C)(C)C)=CC1. The van der Waals surface area contributed by atoms with Crippen LogP contribution in [0.1, 0.15) is 33.6 Å². The zero-order valence-electron chi connectivity index (χ0n) is 10.5. The Kier molecular flexibility index (Phi) is 3.45. The van der Waals surface area contributed by atoms with Crippen LogP contribution >= 0.6 is 0 Å². The Morgan fingerprint density at radius 3 is 2.44 bits per heavy atom. The molecule has 16 heavy (non-hydrogen) atoms. The van der Waals surface area contributed by atoms with Gasteiger partial charge in [-0.25, -0.2) is 0 Å². The van der Waals surface area contributed by atoms with Crippen LogP contribution in [0.3, 0.4) is 0 Å². The molecule has 0 N–H and O–H groups in total. The fraction of sp³-hybridized carbons (Fsp3) is 0.400. The van der Waals surface area contributed by atoms with E-state index in [-0.39, 0.29) is 0 Å². The number of hydrogen-bond acceptors (Lipinski definition) is 0. The van der Waals surface area contributed by atoms with Crippen LogP contribution in [0.2, 0.25) is 0 Å². The van der Waals surface area contributed by atoms with Crippen molar-refractivity contribution < 1.29 is 21.3 Å². The summed E-state index contributed by atoms with van der Waals surface area (Å²) in [4.78, 5) is 0. The zero-order chi connectivity index (χ0) is 11.8. The minimum atomic E-state index is -1.65. The van der Waals surface area contributed by atoms with Gasteiger partial charge in [-0.3, -0.25) is 0 Å². The summed E-state index contributed by atoms with van der Waals surface area (Å²) in [6, 6.07) is 0. The van der Waals surface area contributed by atoms with E-state index < -0.39 is 21.3 Å². The van der Waals surface area contributed by atoms with Crippen LogP contribution in [-0.2, 0) is 21.3 Å². The van der Waals surface area contributed by atoms with Crippen LogP contribution in [0.5, 0.6) is 0 Å². The fourth-order valence-corrected chi connectivity index (χ4v) is 6.44.